The minimum atomic E-state index is -0.314. The summed E-state index contributed by atoms with van der Waals surface area (Å²) in [5.74, 6) is 0. The van der Waals surface area contributed by atoms with Crippen molar-refractivity contribution in [2.45, 2.75) is 65.2 Å². The van der Waals surface area contributed by atoms with Crippen LogP contribution in [0.1, 0.15) is 70.8 Å². The van der Waals surface area contributed by atoms with Crippen LogP contribution in [-0.2, 0) is 9.31 Å². The summed E-state index contributed by atoms with van der Waals surface area (Å²) < 4.78 is 11.9. The van der Waals surface area contributed by atoms with Crippen molar-refractivity contribution in [2.75, 3.05) is 13.2 Å². The molecule has 0 fully saturated rings. The Bertz CT molecular complexity index is 428. The van der Waals surface area contributed by atoms with Crippen LogP contribution in [0.15, 0.2) is 24.3 Å². The van der Waals surface area contributed by atoms with Crippen LogP contribution in [0.3, 0.4) is 0 Å². The summed E-state index contributed by atoms with van der Waals surface area (Å²) in [5.41, 5.74) is 1.66. The topological polar surface area (TPSA) is 42.2 Å². The van der Waals surface area contributed by atoms with Crippen molar-refractivity contribution in [3.63, 3.8) is 0 Å². The third kappa shape index (κ3) is 8.78. The van der Waals surface area contributed by atoms with Crippen LogP contribution >= 0.6 is 0 Å². The standard InChI is InChI=1S/C19H30BNO2/c1-3-5-7-9-15-22-20(23-16-10-8-6-4-2)19-13-11-18(17-21)12-14-19/h11-14H,3-10,15-16H2,1-2H3. The first-order chi connectivity index (χ1) is 11.3. The van der Waals surface area contributed by atoms with E-state index >= 15 is 0 Å². The van der Waals surface area contributed by atoms with Crippen LogP contribution in [-0.4, -0.2) is 20.3 Å². The van der Waals surface area contributed by atoms with E-state index in [1.807, 2.05) is 24.3 Å². The molecular weight excluding hydrogens is 285 g/mol. The molecule has 3 nitrogen and oxygen atoms in total. The number of hydrogen-bond acceptors (Lipinski definition) is 3. The summed E-state index contributed by atoms with van der Waals surface area (Å²) in [4.78, 5) is 0. The van der Waals surface area contributed by atoms with Gasteiger partial charge in [0, 0.05) is 13.2 Å². The van der Waals surface area contributed by atoms with Gasteiger partial charge in [-0.15, -0.1) is 0 Å². The fourth-order valence-electron chi connectivity index (χ4n) is 2.39. The molecule has 4 heteroatoms. The average molecular weight is 315 g/mol. The van der Waals surface area contributed by atoms with Crippen molar-refractivity contribution in [3.8, 4) is 6.07 Å². The van der Waals surface area contributed by atoms with Gasteiger partial charge in [-0.25, -0.2) is 0 Å². The summed E-state index contributed by atoms with van der Waals surface area (Å²) in [6, 6.07) is 9.65. The first-order valence-corrected chi connectivity index (χ1v) is 9.05. The zero-order valence-electron chi connectivity index (χ0n) is 14.7. The fourth-order valence-corrected chi connectivity index (χ4v) is 2.39. The molecule has 0 atom stereocenters. The van der Waals surface area contributed by atoms with Gasteiger partial charge in [-0.2, -0.15) is 5.26 Å². The lowest BCUT2D eigenvalue weighted by atomic mass is 9.78. The van der Waals surface area contributed by atoms with Gasteiger partial charge in [0.1, 0.15) is 0 Å². The van der Waals surface area contributed by atoms with Crippen LogP contribution in [0, 0.1) is 11.3 Å². The monoisotopic (exact) mass is 315 g/mol. The number of nitriles is 1. The maximum absolute atomic E-state index is 8.90. The van der Waals surface area contributed by atoms with E-state index in [4.69, 9.17) is 14.6 Å². The summed E-state index contributed by atoms with van der Waals surface area (Å²) in [7, 11) is -0.314. The molecule has 23 heavy (non-hydrogen) atoms. The number of rotatable bonds is 13. The lowest BCUT2D eigenvalue weighted by molar-refractivity contribution is 0.200. The molecule has 1 rings (SSSR count). The molecule has 0 bridgehead atoms. The molecule has 0 saturated carbocycles. The van der Waals surface area contributed by atoms with E-state index in [2.05, 4.69) is 19.9 Å². The van der Waals surface area contributed by atoms with E-state index in [0.717, 1.165) is 31.5 Å². The van der Waals surface area contributed by atoms with Gasteiger partial charge in [0.25, 0.3) is 0 Å². The molecule has 0 aliphatic rings. The Morgan fingerprint density at radius 3 is 1.78 bits per heavy atom. The summed E-state index contributed by atoms with van der Waals surface area (Å²) in [6.45, 7) is 5.86. The molecule has 0 amide bonds. The molecule has 0 spiro atoms. The maximum Gasteiger partial charge on any atom is 0.493 e. The van der Waals surface area contributed by atoms with Crippen molar-refractivity contribution in [3.05, 3.63) is 29.8 Å². The van der Waals surface area contributed by atoms with E-state index in [-0.39, 0.29) is 7.12 Å². The van der Waals surface area contributed by atoms with Crippen LogP contribution in [0.2, 0.25) is 0 Å². The predicted octanol–water partition coefficient (Wildman–Crippen LogP) is 4.45. The van der Waals surface area contributed by atoms with Crippen LogP contribution in [0.5, 0.6) is 0 Å². The van der Waals surface area contributed by atoms with Crippen molar-refractivity contribution < 1.29 is 9.31 Å². The van der Waals surface area contributed by atoms with Crippen LogP contribution in [0.4, 0.5) is 0 Å². The number of unbranched alkanes of at least 4 members (excludes halogenated alkanes) is 6. The Kier molecular flexibility index (Phi) is 11.3. The third-order valence-corrected chi connectivity index (χ3v) is 3.85. The Hall–Kier alpha value is -1.31. The molecule has 0 aromatic heterocycles. The Morgan fingerprint density at radius 2 is 1.35 bits per heavy atom. The van der Waals surface area contributed by atoms with Crippen molar-refractivity contribution in [1.29, 1.82) is 5.26 Å². The predicted molar refractivity (Wildman–Crippen MR) is 96.7 cm³/mol. The fraction of sp³-hybridized carbons (Fsp3) is 0.632. The molecule has 0 heterocycles. The van der Waals surface area contributed by atoms with Crippen molar-refractivity contribution >= 4 is 12.6 Å². The molecule has 0 aliphatic carbocycles. The minimum absolute atomic E-state index is 0.314. The van der Waals surface area contributed by atoms with Crippen molar-refractivity contribution in [2.24, 2.45) is 0 Å². The maximum atomic E-state index is 8.90. The smallest absolute Gasteiger partial charge is 0.407 e. The quantitative estimate of drug-likeness (QED) is 0.399. The highest BCUT2D eigenvalue weighted by molar-refractivity contribution is 6.61. The van der Waals surface area contributed by atoms with Crippen LogP contribution < -0.4 is 5.46 Å². The minimum Gasteiger partial charge on any atom is -0.407 e. The van der Waals surface area contributed by atoms with E-state index in [1.54, 1.807) is 0 Å². The first-order valence-electron chi connectivity index (χ1n) is 9.05. The normalized spacial score (nSPS) is 10.5. The second-order valence-corrected chi connectivity index (χ2v) is 5.93. The van der Waals surface area contributed by atoms with Gasteiger partial charge in [-0.05, 0) is 30.4 Å². The third-order valence-electron chi connectivity index (χ3n) is 3.85. The van der Waals surface area contributed by atoms with E-state index in [1.165, 1.54) is 38.5 Å². The van der Waals surface area contributed by atoms with E-state index < -0.39 is 0 Å². The molecule has 0 unspecified atom stereocenters. The average Bonchev–Trinajstić information content (AvgIpc) is 2.59. The number of nitrogens with zero attached hydrogens (tertiary/aromatic N) is 1. The van der Waals surface area contributed by atoms with Crippen molar-refractivity contribution in [1.82, 2.24) is 0 Å². The highest BCUT2D eigenvalue weighted by Crippen LogP contribution is 2.04. The van der Waals surface area contributed by atoms with Gasteiger partial charge >= 0.3 is 7.12 Å². The Morgan fingerprint density at radius 1 is 0.826 bits per heavy atom. The molecule has 126 valence electrons. The largest absolute Gasteiger partial charge is 0.493 e. The van der Waals surface area contributed by atoms with E-state index in [0.29, 0.717) is 5.56 Å². The molecule has 0 N–H and O–H groups in total. The second-order valence-electron chi connectivity index (χ2n) is 5.93. The zero-order chi connectivity index (χ0) is 16.8. The van der Waals surface area contributed by atoms with E-state index in [9.17, 15) is 0 Å². The molecule has 0 aliphatic heterocycles. The highest BCUT2D eigenvalue weighted by atomic mass is 16.6. The SMILES string of the molecule is CCCCCCOB(OCCCCCC)c1ccc(C#N)cc1. The lowest BCUT2D eigenvalue weighted by Gasteiger charge is -2.15. The lowest BCUT2D eigenvalue weighted by Crippen LogP contribution is -2.37. The van der Waals surface area contributed by atoms with Gasteiger partial charge in [0.2, 0.25) is 0 Å². The first kappa shape index (κ1) is 19.7. The summed E-state index contributed by atoms with van der Waals surface area (Å²) in [6.07, 6.45) is 9.51. The highest BCUT2D eigenvalue weighted by Gasteiger charge is 2.20. The summed E-state index contributed by atoms with van der Waals surface area (Å²) in [5, 5.41) is 8.90. The van der Waals surface area contributed by atoms with Gasteiger partial charge in [0.15, 0.2) is 0 Å². The van der Waals surface area contributed by atoms with Gasteiger partial charge < -0.3 is 9.31 Å². The second kappa shape index (κ2) is 13.2. The summed E-state index contributed by atoms with van der Waals surface area (Å²) >= 11 is 0. The molecule has 0 saturated heterocycles. The zero-order valence-corrected chi connectivity index (χ0v) is 14.7. The van der Waals surface area contributed by atoms with Gasteiger partial charge in [-0.1, -0.05) is 64.5 Å². The van der Waals surface area contributed by atoms with Crippen LogP contribution in [0.25, 0.3) is 0 Å². The van der Waals surface area contributed by atoms with Gasteiger partial charge in [-0.3, -0.25) is 0 Å². The molecule has 0 radical (unpaired) electrons. The molecule has 1 aromatic carbocycles. The Labute approximate surface area is 142 Å². The number of benzene rings is 1. The number of hydrogen-bond donors (Lipinski definition) is 0. The molecule has 1 aromatic rings. The molecular formula is C19H30BNO2. The Balaban J connectivity index is 2.47. The van der Waals surface area contributed by atoms with Gasteiger partial charge in [0.05, 0.1) is 11.6 Å².